The van der Waals surface area contributed by atoms with E-state index in [2.05, 4.69) is 25.9 Å². The van der Waals surface area contributed by atoms with Gasteiger partial charge in [-0.3, -0.25) is 14.4 Å². The fourth-order valence-electron chi connectivity index (χ4n) is 4.01. The normalized spacial score (nSPS) is 15.6. The third-order valence-corrected chi connectivity index (χ3v) is 5.84. The zero-order valence-electron chi connectivity index (χ0n) is 20.4. The molecule has 1 aliphatic carbocycles. The van der Waals surface area contributed by atoms with Gasteiger partial charge >= 0.3 is 5.97 Å². The highest BCUT2D eigenvalue weighted by Crippen LogP contribution is 2.17. The second-order valence-corrected chi connectivity index (χ2v) is 8.81. The second-order valence-electron chi connectivity index (χ2n) is 8.81. The number of carbonyl (C=O) groups excluding carboxylic acids is 4. The van der Waals surface area contributed by atoms with Crippen molar-refractivity contribution in [1.82, 2.24) is 25.9 Å². The smallest absolute Gasteiger partial charge is 0.329 e. The number of benzene rings is 1. The van der Waals surface area contributed by atoms with E-state index in [-0.39, 0.29) is 19.1 Å². The van der Waals surface area contributed by atoms with Crippen molar-refractivity contribution in [2.75, 3.05) is 6.61 Å². The first-order chi connectivity index (χ1) is 17.4. The number of nitrogens with one attached hydrogen (secondary N) is 4. The number of amides is 3. The Labute approximate surface area is 210 Å². The summed E-state index contributed by atoms with van der Waals surface area (Å²) in [5.41, 5.74) is 1.47. The van der Waals surface area contributed by atoms with Crippen molar-refractivity contribution in [1.29, 1.82) is 0 Å². The highest BCUT2D eigenvalue weighted by molar-refractivity contribution is 5.95. The highest BCUT2D eigenvalue weighted by atomic mass is 16.5. The molecule has 3 rings (SSSR count). The lowest BCUT2D eigenvalue weighted by Gasteiger charge is -2.26. The minimum absolute atomic E-state index is 0.0220. The molecule has 1 heterocycles. The van der Waals surface area contributed by atoms with Gasteiger partial charge in [-0.05, 0) is 24.5 Å². The summed E-state index contributed by atoms with van der Waals surface area (Å²) in [7, 11) is 0. The van der Waals surface area contributed by atoms with Crippen LogP contribution >= 0.6 is 0 Å². The molecule has 1 aromatic carbocycles. The zero-order valence-corrected chi connectivity index (χ0v) is 20.4. The standard InChI is InChI=1S/C26H33N5O5/c1-18(32)29-22(14-21-15-27-17-28-21)26(35)36-16-23(25(34)30-20-10-6-3-7-11-20)31-24(33)13-12-19-8-4-2-5-9-19/h2,4-5,8-9,12-13,15,17,20,22-23H,3,6-7,10-11,14,16H2,1H3,(H,27,28)(H,29,32)(H,30,34)(H,31,33)/b13-12+/t22-,23+/m0/s1. The Morgan fingerprint density at radius 1 is 1.08 bits per heavy atom. The highest BCUT2D eigenvalue weighted by Gasteiger charge is 2.28. The molecule has 36 heavy (non-hydrogen) atoms. The summed E-state index contributed by atoms with van der Waals surface area (Å²) in [5, 5.41) is 8.16. The molecule has 0 radical (unpaired) electrons. The zero-order chi connectivity index (χ0) is 25.8. The predicted octanol–water partition coefficient (Wildman–Crippen LogP) is 1.65. The van der Waals surface area contributed by atoms with Gasteiger partial charge in [0.25, 0.3) is 0 Å². The molecule has 3 amide bonds. The molecule has 10 nitrogen and oxygen atoms in total. The van der Waals surface area contributed by atoms with E-state index in [1.807, 2.05) is 30.3 Å². The van der Waals surface area contributed by atoms with Gasteiger partial charge in [0.05, 0.1) is 6.33 Å². The molecular weight excluding hydrogens is 462 g/mol. The van der Waals surface area contributed by atoms with Gasteiger partial charge in [0.15, 0.2) is 0 Å². The molecule has 1 aromatic heterocycles. The van der Waals surface area contributed by atoms with Crippen LogP contribution in [0.25, 0.3) is 6.08 Å². The molecule has 1 aliphatic rings. The number of hydrogen-bond acceptors (Lipinski definition) is 6. The summed E-state index contributed by atoms with van der Waals surface area (Å²) >= 11 is 0. The van der Waals surface area contributed by atoms with Crippen molar-refractivity contribution >= 4 is 29.8 Å². The van der Waals surface area contributed by atoms with Gasteiger partial charge in [-0.2, -0.15) is 0 Å². The summed E-state index contributed by atoms with van der Waals surface area (Å²) < 4.78 is 5.40. The molecule has 0 aliphatic heterocycles. The first kappa shape index (κ1) is 26.7. The van der Waals surface area contributed by atoms with E-state index < -0.39 is 35.8 Å². The van der Waals surface area contributed by atoms with Gasteiger partial charge in [-0.25, -0.2) is 9.78 Å². The first-order valence-electron chi connectivity index (χ1n) is 12.2. The Kier molecular flexibility index (Phi) is 10.2. The number of ether oxygens (including phenoxy) is 1. The monoisotopic (exact) mass is 495 g/mol. The lowest BCUT2D eigenvalue weighted by atomic mass is 9.95. The van der Waals surface area contributed by atoms with Gasteiger partial charge in [-0.1, -0.05) is 49.6 Å². The van der Waals surface area contributed by atoms with Crippen LogP contribution in [0.2, 0.25) is 0 Å². The van der Waals surface area contributed by atoms with E-state index in [0.717, 1.165) is 37.7 Å². The van der Waals surface area contributed by atoms with Crippen molar-refractivity contribution in [3.8, 4) is 0 Å². The average Bonchev–Trinajstić information content (AvgIpc) is 3.39. The van der Waals surface area contributed by atoms with Gasteiger partial charge in [0.2, 0.25) is 17.7 Å². The van der Waals surface area contributed by atoms with Crippen LogP contribution < -0.4 is 16.0 Å². The number of imidazole rings is 1. The molecular formula is C26H33N5O5. The van der Waals surface area contributed by atoms with Gasteiger partial charge in [0, 0.05) is 37.4 Å². The van der Waals surface area contributed by atoms with Crippen LogP contribution in [-0.4, -0.2) is 58.4 Å². The Bertz CT molecular complexity index is 1030. The third kappa shape index (κ3) is 9.01. The molecule has 192 valence electrons. The fourth-order valence-corrected chi connectivity index (χ4v) is 4.01. The lowest BCUT2D eigenvalue weighted by Crippen LogP contribution is -2.53. The second kappa shape index (κ2) is 13.8. The van der Waals surface area contributed by atoms with Crippen LogP contribution in [0, 0.1) is 0 Å². The molecule has 1 saturated carbocycles. The van der Waals surface area contributed by atoms with Crippen molar-refractivity contribution in [3.63, 3.8) is 0 Å². The van der Waals surface area contributed by atoms with E-state index in [1.54, 1.807) is 12.3 Å². The Morgan fingerprint density at radius 2 is 1.83 bits per heavy atom. The van der Waals surface area contributed by atoms with E-state index in [1.165, 1.54) is 19.3 Å². The van der Waals surface area contributed by atoms with Gasteiger partial charge in [0.1, 0.15) is 18.7 Å². The van der Waals surface area contributed by atoms with Crippen molar-refractivity contribution in [2.24, 2.45) is 0 Å². The molecule has 1 fully saturated rings. The molecule has 0 bridgehead atoms. The van der Waals surface area contributed by atoms with Crippen LogP contribution in [0.4, 0.5) is 0 Å². The van der Waals surface area contributed by atoms with E-state index in [9.17, 15) is 19.2 Å². The summed E-state index contributed by atoms with van der Waals surface area (Å²) in [6.07, 6.45) is 11.1. The molecule has 0 saturated heterocycles. The van der Waals surface area contributed by atoms with Crippen LogP contribution in [0.15, 0.2) is 48.9 Å². The number of carbonyl (C=O) groups is 4. The van der Waals surface area contributed by atoms with Crippen molar-refractivity contribution in [2.45, 2.75) is 63.6 Å². The SMILES string of the molecule is CC(=O)N[C@@H](Cc1cnc[nH]1)C(=O)OC[C@@H](NC(=O)/C=C/c1ccccc1)C(=O)NC1CCCCC1. The first-order valence-corrected chi connectivity index (χ1v) is 12.2. The Morgan fingerprint density at radius 3 is 2.50 bits per heavy atom. The van der Waals surface area contributed by atoms with Gasteiger partial charge < -0.3 is 25.7 Å². The minimum atomic E-state index is -1.09. The lowest BCUT2D eigenvalue weighted by molar-refractivity contribution is -0.150. The topological polar surface area (TPSA) is 142 Å². The van der Waals surface area contributed by atoms with E-state index in [0.29, 0.717) is 5.69 Å². The quantitative estimate of drug-likeness (QED) is 0.276. The number of aromatic nitrogens is 2. The number of H-pyrrole nitrogens is 1. The summed E-state index contributed by atoms with van der Waals surface area (Å²) in [4.78, 5) is 56.8. The maximum absolute atomic E-state index is 13.0. The maximum atomic E-state index is 13.0. The molecule has 2 atom stereocenters. The van der Waals surface area contributed by atoms with E-state index >= 15 is 0 Å². The molecule has 4 N–H and O–H groups in total. The minimum Gasteiger partial charge on any atom is -0.461 e. The Balaban J connectivity index is 1.65. The number of aromatic amines is 1. The predicted molar refractivity (Wildman–Crippen MR) is 133 cm³/mol. The van der Waals surface area contributed by atoms with Crippen LogP contribution in [0.5, 0.6) is 0 Å². The van der Waals surface area contributed by atoms with E-state index in [4.69, 9.17) is 4.74 Å². The summed E-state index contributed by atoms with van der Waals surface area (Å²) in [5.74, 6) is -2.03. The van der Waals surface area contributed by atoms with Gasteiger partial charge in [-0.15, -0.1) is 0 Å². The van der Waals surface area contributed by atoms with Crippen LogP contribution in [0.3, 0.4) is 0 Å². The largest absolute Gasteiger partial charge is 0.461 e. The molecule has 0 unspecified atom stereocenters. The van der Waals surface area contributed by atoms with Crippen molar-refractivity contribution in [3.05, 3.63) is 60.2 Å². The number of rotatable bonds is 11. The molecule has 10 heteroatoms. The third-order valence-electron chi connectivity index (χ3n) is 5.84. The molecule has 0 spiro atoms. The number of esters is 1. The number of hydrogen-bond donors (Lipinski definition) is 4. The Hall–Kier alpha value is -3.95. The van der Waals surface area contributed by atoms with Crippen molar-refractivity contribution < 1.29 is 23.9 Å². The summed E-state index contributed by atoms with van der Waals surface area (Å²) in [6.45, 7) is 0.925. The number of nitrogens with zero attached hydrogens (tertiary/aromatic N) is 1. The summed E-state index contributed by atoms with van der Waals surface area (Å²) in [6, 6.07) is 7.24. The molecule has 2 aromatic rings. The average molecular weight is 496 g/mol. The fraction of sp³-hybridized carbons (Fsp3) is 0.423. The maximum Gasteiger partial charge on any atom is 0.329 e. The van der Waals surface area contributed by atoms with Crippen LogP contribution in [-0.2, 0) is 30.3 Å². The van der Waals surface area contributed by atoms with Crippen LogP contribution in [0.1, 0.15) is 50.3 Å².